The van der Waals surface area contributed by atoms with Gasteiger partial charge >= 0.3 is 6.18 Å². The third-order valence-corrected chi connectivity index (χ3v) is 4.96. The van der Waals surface area contributed by atoms with Crippen LogP contribution in [0, 0.1) is 18.3 Å². The largest absolute Gasteiger partial charge is 0.417 e. The summed E-state index contributed by atoms with van der Waals surface area (Å²) in [5.74, 6) is 0.0409. The highest BCUT2D eigenvalue weighted by molar-refractivity contribution is 7.99. The molecule has 0 unspecified atom stereocenters. The maximum atomic E-state index is 13.1. The van der Waals surface area contributed by atoms with Gasteiger partial charge in [0.1, 0.15) is 11.1 Å². The van der Waals surface area contributed by atoms with Crippen molar-refractivity contribution in [3.63, 3.8) is 0 Å². The minimum Gasteiger partial charge on any atom is -0.326 e. The Morgan fingerprint density at radius 2 is 1.89 bits per heavy atom. The fraction of sp³-hybridized carbons (Fsp3) is 0.278. The smallest absolute Gasteiger partial charge is 0.326 e. The summed E-state index contributed by atoms with van der Waals surface area (Å²) in [6, 6.07) is 7.07. The second-order valence-corrected chi connectivity index (χ2v) is 7.72. The van der Waals surface area contributed by atoms with Crippen molar-refractivity contribution in [3.8, 4) is 6.07 Å². The van der Waals surface area contributed by atoms with E-state index >= 15 is 0 Å². The summed E-state index contributed by atoms with van der Waals surface area (Å²) in [5.41, 5.74) is -0.872. The summed E-state index contributed by atoms with van der Waals surface area (Å²) in [5, 5.41) is 12.5. The van der Waals surface area contributed by atoms with Gasteiger partial charge in [0.2, 0.25) is 5.91 Å². The first-order valence-corrected chi connectivity index (χ1v) is 9.72. The first-order chi connectivity index (χ1) is 13.1. The Labute approximate surface area is 174 Å². The molecule has 10 heteroatoms. The van der Waals surface area contributed by atoms with Gasteiger partial charge in [-0.1, -0.05) is 23.2 Å². The van der Waals surface area contributed by atoms with Crippen LogP contribution in [0.15, 0.2) is 29.3 Å². The van der Waals surface area contributed by atoms with Gasteiger partial charge in [-0.05, 0) is 37.6 Å². The molecule has 1 aromatic heterocycles. The molecule has 4 nitrogen and oxygen atoms in total. The molecule has 0 aliphatic carbocycles. The van der Waals surface area contributed by atoms with E-state index in [-0.39, 0.29) is 23.0 Å². The number of halogens is 5. The van der Waals surface area contributed by atoms with Crippen molar-refractivity contribution in [2.45, 2.75) is 31.0 Å². The van der Waals surface area contributed by atoms with Gasteiger partial charge in [0.05, 0.1) is 11.1 Å². The second-order valence-electron chi connectivity index (χ2n) is 5.76. The Morgan fingerprint density at radius 1 is 1.25 bits per heavy atom. The number of thioether (sulfide) groups is 1. The van der Waals surface area contributed by atoms with Gasteiger partial charge in [-0.3, -0.25) is 4.79 Å². The molecule has 1 aromatic carbocycles. The Kier molecular flexibility index (Phi) is 7.58. The summed E-state index contributed by atoms with van der Waals surface area (Å²) in [4.78, 5) is 16.0. The number of nitriles is 1. The van der Waals surface area contributed by atoms with Crippen molar-refractivity contribution < 1.29 is 18.0 Å². The van der Waals surface area contributed by atoms with Crippen LogP contribution in [0.2, 0.25) is 10.0 Å². The van der Waals surface area contributed by atoms with E-state index in [0.717, 1.165) is 17.8 Å². The van der Waals surface area contributed by atoms with Crippen LogP contribution in [0.5, 0.6) is 0 Å². The molecule has 2 aromatic rings. The minimum absolute atomic E-state index is 0.0110. The third kappa shape index (κ3) is 6.30. The Balaban J connectivity index is 1.95. The average Bonchev–Trinajstić information content (AvgIpc) is 2.56. The van der Waals surface area contributed by atoms with Crippen molar-refractivity contribution in [1.82, 2.24) is 4.98 Å². The van der Waals surface area contributed by atoms with E-state index < -0.39 is 17.3 Å². The van der Waals surface area contributed by atoms with E-state index in [9.17, 15) is 18.0 Å². The van der Waals surface area contributed by atoms with Gasteiger partial charge < -0.3 is 5.32 Å². The highest BCUT2D eigenvalue weighted by Crippen LogP contribution is 2.36. The molecule has 0 bridgehead atoms. The number of nitrogens with zero attached hydrogens (tertiary/aromatic N) is 2. The highest BCUT2D eigenvalue weighted by Gasteiger charge is 2.35. The molecule has 148 valence electrons. The van der Waals surface area contributed by atoms with Crippen LogP contribution in [0.1, 0.15) is 29.7 Å². The monoisotopic (exact) mass is 447 g/mol. The number of carbonyl (C=O) groups is 1. The summed E-state index contributed by atoms with van der Waals surface area (Å²) < 4.78 is 39.3. The van der Waals surface area contributed by atoms with Gasteiger partial charge in [-0.15, -0.1) is 11.8 Å². The summed E-state index contributed by atoms with van der Waals surface area (Å²) in [6.07, 6.45) is -4.12. The van der Waals surface area contributed by atoms with Crippen LogP contribution in [0.3, 0.4) is 0 Å². The lowest BCUT2D eigenvalue weighted by atomic mass is 10.1. The summed E-state index contributed by atoms with van der Waals surface area (Å²) >= 11 is 12.7. The van der Waals surface area contributed by atoms with Crippen LogP contribution in [0.4, 0.5) is 18.9 Å². The van der Waals surface area contributed by atoms with Crippen LogP contribution in [0.25, 0.3) is 0 Å². The fourth-order valence-corrected chi connectivity index (χ4v) is 3.85. The van der Waals surface area contributed by atoms with Gasteiger partial charge in [-0.2, -0.15) is 18.4 Å². The highest BCUT2D eigenvalue weighted by atomic mass is 35.5. The molecule has 0 radical (unpaired) electrons. The molecule has 2 rings (SSSR count). The topological polar surface area (TPSA) is 65.8 Å². The van der Waals surface area contributed by atoms with Crippen molar-refractivity contribution in [2.24, 2.45) is 0 Å². The minimum atomic E-state index is -4.63. The van der Waals surface area contributed by atoms with Crippen LogP contribution in [-0.2, 0) is 11.0 Å². The number of rotatable bonds is 6. The quantitative estimate of drug-likeness (QED) is 0.429. The molecular formula is C18H14Cl2F3N3OS. The zero-order chi connectivity index (χ0) is 20.9. The van der Waals surface area contributed by atoms with Crippen LogP contribution in [-0.4, -0.2) is 16.6 Å². The molecule has 1 amide bonds. The number of aryl methyl sites for hydroxylation is 1. The third-order valence-electron chi connectivity index (χ3n) is 3.46. The normalized spacial score (nSPS) is 11.2. The number of benzene rings is 1. The Hall–Kier alpha value is -1.95. The van der Waals surface area contributed by atoms with Gasteiger partial charge in [0.15, 0.2) is 0 Å². The lowest BCUT2D eigenvalue weighted by molar-refractivity contribution is -0.138. The fourth-order valence-electron chi connectivity index (χ4n) is 2.33. The average molecular weight is 448 g/mol. The van der Waals surface area contributed by atoms with E-state index in [1.165, 1.54) is 13.0 Å². The van der Waals surface area contributed by atoms with Gasteiger partial charge in [0, 0.05) is 33.6 Å². The number of alkyl halides is 3. The van der Waals surface area contributed by atoms with Crippen molar-refractivity contribution in [3.05, 3.63) is 51.1 Å². The van der Waals surface area contributed by atoms with E-state index in [2.05, 4.69) is 10.3 Å². The number of pyridine rings is 1. The lowest BCUT2D eigenvalue weighted by Gasteiger charge is -2.12. The predicted molar refractivity (Wildman–Crippen MR) is 104 cm³/mol. The molecular weight excluding hydrogens is 434 g/mol. The lowest BCUT2D eigenvalue weighted by Crippen LogP contribution is -2.12. The first kappa shape index (κ1) is 22.3. The molecule has 0 atom stereocenters. The maximum absolute atomic E-state index is 13.1. The van der Waals surface area contributed by atoms with E-state index in [1.54, 1.807) is 18.2 Å². The summed E-state index contributed by atoms with van der Waals surface area (Å²) in [7, 11) is 0. The SMILES string of the molecule is Cc1cc(C(F)(F)F)c(C#N)c(SCCCC(=O)Nc2cc(Cl)cc(Cl)c2)n1. The van der Waals surface area contributed by atoms with E-state index in [4.69, 9.17) is 28.5 Å². The number of aromatic nitrogens is 1. The second kappa shape index (κ2) is 9.50. The number of hydrogen-bond donors (Lipinski definition) is 1. The standard InChI is InChI=1S/C18H14Cl2F3N3OS/c1-10-5-15(18(21,22)23)14(9-24)17(25-10)28-4-2-3-16(27)26-13-7-11(19)6-12(20)8-13/h5-8H,2-4H2,1H3,(H,26,27). The molecule has 0 saturated carbocycles. The Morgan fingerprint density at radius 3 is 2.46 bits per heavy atom. The first-order valence-electron chi connectivity index (χ1n) is 7.98. The zero-order valence-corrected chi connectivity index (χ0v) is 16.9. The molecule has 28 heavy (non-hydrogen) atoms. The number of nitrogens with one attached hydrogen (secondary N) is 1. The molecule has 0 aliphatic heterocycles. The summed E-state index contributed by atoms with van der Waals surface area (Å²) in [6.45, 7) is 1.43. The van der Waals surface area contributed by atoms with Gasteiger partial charge in [-0.25, -0.2) is 4.98 Å². The molecule has 0 fully saturated rings. The molecule has 1 N–H and O–H groups in total. The predicted octanol–water partition coefficient (Wildman–Crippen LogP) is 6.10. The number of hydrogen-bond acceptors (Lipinski definition) is 4. The molecule has 0 saturated heterocycles. The van der Waals surface area contributed by atoms with E-state index in [0.29, 0.717) is 27.9 Å². The van der Waals surface area contributed by atoms with Gasteiger partial charge in [0.25, 0.3) is 0 Å². The van der Waals surface area contributed by atoms with E-state index in [1.807, 2.05) is 0 Å². The number of anilines is 1. The van der Waals surface area contributed by atoms with Crippen molar-refractivity contribution >= 4 is 46.6 Å². The molecule has 1 heterocycles. The van der Waals surface area contributed by atoms with Crippen molar-refractivity contribution in [2.75, 3.05) is 11.1 Å². The molecule has 0 aliphatic rings. The van der Waals surface area contributed by atoms with Crippen LogP contribution < -0.4 is 5.32 Å². The van der Waals surface area contributed by atoms with Crippen molar-refractivity contribution in [1.29, 1.82) is 5.26 Å². The molecule has 0 spiro atoms. The Bertz CT molecular complexity index is 909. The number of carbonyl (C=O) groups excluding carboxylic acids is 1. The maximum Gasteiger partial charge on any atom is 0.417 e. The number of amides is 1. The van der Waals surface area contributed by atoms with Crippen LogP contribution >= 0.6 is 35.0 Å². The zero-order valence-electron chi connectivity index (χ0n) is 14.5.